The third-order valence-electron chi connectivity index (χ3n) is 10.9. The fraction of sp³-hybridized carbons (Fsp3) is 0.784. The van der Waals surface area contributed by atoms with Crippen LogP contribution in [0.2, 0.25) is 13.3 Å². The molecule has 0 aromatic carbocycles. The molecule has 5 heterocycles. The van der Waals surface area contributed by atoms with Gasteiger partial charge in [-0.2, -0.15) is 0 Å². The third-order valence-corrected chi connectivity index (χ3v) is 26.0. The molecule has 9 nitrogen and oxygen atoms in total. The van der Waals surface area contributed by atoms with Crippen LogP contribution in [0.15, 0.2) is 6.20 Å². The average Bonchev–Trinajstić information content (AvgIpc) is 3.56. The minimum atomic E-state index is -3.26. The molecular formula is C37H60F2N6O3Sn. The topological polar surface area (TPSA) is 83.9 Å². The summed E-state index contributed by atoms with van der Waals surface area (Å²) < 4.78 is 47.7. The number of alkyl halides is 1. The van der Waals surface area contributed by atoms with Crippen molar-refractivity contribution in [3.8, 4) is 6.01 Å². The number of anilines is 1. The molecule has 0 bridgehead atoms. The van der Waals surface area contributed by atoms with Gasteiger partial charge >= 0.3 is 272 Å². The van der Waals surface area contributed by atoms with Crippen molar-refractivity contribution < 1.29 is 23.0 Å². The first-order valence-electron chi connectivity index (χ1n) is 18.9. The zero-order valence-electron chi connectivity index (χ0n) is 31.1. The molecule has 0 spiro atoms. The number of amides is 1. The molecule has 1 amide bonds. The molecule has 3 aliphatic rings. The van der Waals surface area contributed by atoms with Crippen LogP contribution in [0.1, 0.15) is 99.3 Å². The maximum atomic E-state index is 17.2. The molecule has 274 valence electrons. The Hall–Kier alpha value is -2.02. The van der Waals surface area contributed by atoms with E-state index in [1.807, 2.05) is 38.9 Å². The van der Waals surface area contributed by atoms with E-state index in [9.17, 15) is 9.18 Å². The SMILES string of the molecule is CCC[CH2][Sn]([CH2]CCC)([CH2]CCC)[c]1ncc2c(N(C)CC3CN(C(=O)OC(C)(C)C)C3)nc(OC[C@@]34CCCN3C[C@H](F)C4)nc2c1F. The molecule has 2 atom stereocenters. The minimum absolute atomic E-state index is 0.134. The first-order valence-corrected chi connectivity index (χ1v) is 26.4. The van der Waals surface area contributed by atoms with Gasteiger partial charge in [-0.15, -0.1) is 0 Å². The second-order valence-corrected chi connectivity index (χ2v) is 29.0. The molecule has 0 saturated carbocycles. The number of ether oxygens (including phenoxy) is 2. The predicted octanol–water partition coefficient (Wildman–Crippen LogP) is 7.48. The van der Waals surface area contributed by atoms with E-state index in [-0.39, 0.29) is 41.5 Å². The Balaban J connectivity index is 1.49. The van der Waals surface area contributed by atoms with Gasteiger partial charge in [-0.3, -0.25) is 0 Å². The molecule has 0 radical (unpaired) electrons. The van der Waals surface area contributed by atoms with Crippen LogP contribution in [0.25, 0.3) is 10.9 Å². The summed E-state index contributed by atoms with van der Waals surface area (Å²) in [4.78, 5) is 33.2. The van der Waals surface area contributed by atoms with Gasteiger partial charge in [0.1, 0.15) is 5.60 Å². The van der Waals surface area contributed by atoms with Crippen molar-refractivity contribution in [3.63, 3.8) is 0 Å². The predicted molar refractivity (Wildman–Crippen MR) is 195 cm³/mol. The van der Waals surface area contributed by atoms with Crippen molar-refractivity contribution in [2.45, 2.75) is 130 Å². The van der Waals surface area contributed by atoms with E-state index in [0.717, 1.165) is 74.9 Å². The zero-order chi connectivity index (χ0) is 35.4. The van der Waals surface area contributed by atoms with Crippen molar-refractivity contribution >= 4 is 44.9 Å². The van der Waals surface area contributed by atoms with Crippen LogP contribution >= 0.6 is 0 Å². The normalized spacial score (nSPS) is 21.7. The molecule has 49 heavy (non-hydrogen) atoms. The van der Waals surface area contributed by atoms with Gasteiger partial charge in [-0.05, 0) is 20.8 Å². The number of nitrogens with zero attached hydrogens (tertiary/aromatic N) is 6. The quantitative estimate of drug-likeness (QED) is 0.162. The Labute approximate surface area is 296 Å². The Bertz CT molecular complexity index is 1420. The van der Waals surface area contributed by atoms with Gasteiger partial charge in [-0.25, -0.2) is 0 Å². The zero-order valence-corrected chi connectivity index (χ0v) is 34.0. The van der Waals surface area contributed by atoms with Crippen molar-refractivity contribution in [2.24, 2.45) is 5.92 Å². The second-order valence-electron chi connectivity index (χ2n) is 16.1. The molecule has 3 aliphatic heterocycles. The standard InChI is InChI=1S/C25H33F2N6O3.3C4H9.Sn/c1-24(2,3)36-23(34)32-12-16(13-32)11-31(4)21-18-9-28-10-19(27)20(18)29-22(30-21)35-15-25-6-5-7-33(25)14-17(26)8-25;3*1-3-4-2;/h9,16-17H,5-8,11-15H2,1-4H3;3*1,3-4H2,2H3;/t17-,25+;;;;/m1..../s1. The van der Waals surface area contributed by atoms with Crippen molar-refractivity contribution in [3.05, 3.63) is 12.0 Å². The number of carbonyl (C=O) groups is 1. The summed E-state index contributed by atoms with van der Waals surface area (Å²) >= 11 is -3.26. The average molecular weight is 794 g/mol. The Morgan fingerprint density at radius 2 is 1.71 bits per heavy atom. The van der Waals surface area contributed by atoms with Crippen molar-refractivity contribution in [2.75, 3.05) is 51.3 Å². The van der Waals surface area contributed by atoms with Crippen LogP contribution < -0.4 is 13.3 Å². The number of hydrogen-bond donors (Lipinski definition) is 0. The molecule has 2 aromatic rings. The molecule has 12 heteroatoms. The molecule has 0 aliphatic carbocycles. The summed E-state index contributed by atoms with van der Waals surface area (Å²) in [6, 6.07) is 0.134. The van der Waals surface area contributed by atoms with Crippen LogP contribution in [0.3, 0.4) is 0 Å². The maximum absolute atomic E-state index is 17.2. The van der Waals surface area contributed by atoms with E-state index in [0.29, 0.717) is 43.8 Å². The van der Waals surface area contributed by atoms with E-state index in [2.05, 4.69) is 25.7 Å². The summed E-state index contributed by atoms with van der Waals surface area (Å²) in [6.07, 6.45) is 9.53. The van der Waals surface area contributed by atoms with Crippen molar-refractivity contribution in [1.82, 2.24) is 24.8 Å². The van der Waals surface area contributed by atoms with Crippen LogP contribution in [0, 0.1) is 11.7 Å². The van der Waals surface area contributed by atoms with E-state index >= 15 is 4.39 Å². The number of hydrogen-bond acceptors (Lipinski definition) is 8. The number of halogens is 2. The van der Waals surface area contributed by atoms with E-state index < -0.39 is 30.1 Å². The van der Waals surface area contributed by atoms with Crippen LogP contribution in [0.5, 0.6) is 6.01 Å². The van der Waals surface area contributed by atoms with Crippen LogP contribution in [-0.2, 0) is 4.74 Å². The molecule has 5 rings (SSSR count). The molecule has 3 saturated heterocycles. The molecule has 3 fully saturated rings. The van der Waals surface area contributed by atoms with Crippen LogP contribution in [-0.4, -0.2) is 113 Å². The summed E-state index contributed by atoms with van der Waals surface area (Å²) in [5, 5.41) is 0.575. The van der Waals surface area contributed by atoms with Gasteiger partial charge in [0.15, 0.2) is 0 Å². The fourth-order valence-electron chi connectivity index (χ4n) is 8.30. The van der Waals surface area contributed by atoms with E-state index in [4.69, 9.17) is 24.4 Å². The number of likely N-dealkylation sites (tertiary alicyclic amines) is 1. The number of carbonyl (C=O) groups excluding carboxylic acids is 1. The van der Waals surface area contributed by atoms with Gasteiger partial charge < -0.3 is 0 Å². The van der Waals surface area contributed by atoms with Gasteiger partial charge in [-0.1, -0.05) is 0 Å². The van der Waals surface area contributed by atoms with Gasteiger partial charge in [0.2, 0.25) is 0 Å². The molecular weight excluding hydrogens is 733 g/mol. The number of unbranched alkanes of at least 4 members (excludes halogenated alkanes) is 3. The van der Waals surface area contributed by atoms with E-state index in [1.165, 1.54) is 0 Å². The summed E-state index contributed by atoms with van der Waals surface area (Å²) in [6.45, 7) is 15.6. The molecule has 0 unspecified atom stereocenters. The first kappa shape index (κ1) is 38.2. The summed E-state index contributed by atoms with van der Waals surface area (Å²) in [5.41, 5.74) is -0.633. The summed E-state index contributed by atoms with van der Waals surface area (Å²) in [5.74, 6) is 0.486. The summed E-state index contributed by atoms with van der Waals surface area (Å²) in [7, 11) is 1.95. The third kappa shape index (κ3) is 8.72. The number of aromatic nitrogens is 3. The fourth-order valence-corrected chi connectivity index (χ4v) is 23.9. The van der Waals surface area contributed by atoms with E-state index in [1.54, 1.807) is 4.90 Å². The number of rotatable bonds is 16. The van der Waals surface area contributed by atoms with Crippen molar-refractivity contribution in [1.29, 1.82) is 0 Å². The molecule has 0 N–H and O–H groups in total. The Kier molecular flexibility index (Phi) is 12.6. The Morgan fingerprint density at radius 3 is 2.33 bits per heavy atom. The molecule has 2 aromatic heterocycles. The van der Waals surface area contributed by atoms with Gasteiger partial charge in [0.05, 0.1) is 0 Å². The van der Waals surface area contributed by atoms with Crippen LogP contribution in [0.4, 0.5) is 19.4 Å². The number of pyridine rings is 1. The second kappa shape index (κ2) is 16.1. The Morgan fingerprint density at radius 1 is 1.06 bits per heavy atom. The van der Waals surface area contributed by atoms with Gasteiger partial charge in [0, 0.05) is 0 Å². The first-order chi connectivity index (χ1) is 23.3. The monoisotopic (exact) mass is 794 g/mol. The van der Waals surface area contributed by atoms with Gasteiger partial charge in [0.25, 0.3) is 0 Å². The number of fused-ring (bicyclic) bond motifs is 2.